The minimum absolute atomic E-state index is 0.0716. The molecule has 276 valence electrons. The Labute approximate surface area is 304 Å². The number of hydrazone groups is 1. The highest BCUT2D eigenvalue weighted by Gasteiger charge is 2.37. The van der Waals surface area contributed by atoms with Gasteiger partial charge in [0.2, 0.25) is 0 Å². The molecule has 1 heterocycles. The van der Waals surface area contributed by atoms with Crippen LogP contribution in [0.2, 0.25) is 0 Å². The molecular weight excluding hydrogens is 663 g/mol. The van der Waals surface area contributed by atoms with Crippen LogP contribution in [-0.2, 0) is 14.9 Å². The third-order valence-corrected chi connectivity index (χ3v) is 9.96. The van der Waals surface area contributed by atoms with E-state index in [9.17, 15) is 17.8 Å². The van der Waals surface area contributed by atoms with Crippen molar-refractivity contribution in [2.24, 2.45) is 15.3 Å². The van der Waals surface area contributed by atoms with Crippen molar-refractivity contribution in [1.29, 1.82) is 0 Å². The molecular formula is C40H55N5O5S. The monoisotopic (exact) mass is 717 g/mol. The van der Waals surface area contributed by atoms with Crippen molar-refractivity contribution >= 4 is 38.8 Å². The molecule has 0 spiro atoms. The summed E-state index contributed by atoms with van der Waals surface area (Å²) in [7, 11) is -0.876. The molecule has 1 N–H and O–H groups in total. The highest BCUT2D eigenvalue weighted by molar-refractivity contribution is 7.86. The molecule has 3 aromatic rings. The average molecular weight is 718 g/mol. The summed E-state index contributed by atoms with van der Waals surface area (Å²) in [5.74, 6) is -0.123. The molecule has 4 rings (SSSR count). The van der Waals surface area contributed by atoms with Gasteiger partial charge in [-0.05, 0) is 55.3 Å². The Balaban J connectivity index is 1.39. The molecule has 0 saturated carbocycles. The zero-order valence-corrected chi connectivity index (χ0v) is 31.4. The van der Waals surface area contributed by atoms with Gasteiger partial charge in [-0.3, -0.25) is 9.35 Å². The Morgan fingerprint density at radius 2 is 1.35 bits per heavy atom. The van der Waals surface area contributed by atoms with E-state index in [-0.39, 0.29) is 11.4 Å². The summed E-state index contributed by atoms with van der Waals surface area (Å²) in [6, 6.07) is 19.4. The van der Waals surface area contributed by atoms with Crippen LogP contribution in [0.15, 0.2) is 93.0 Å². The maximum absolute atomic E-state index is 13.9. The highest BCUT2D eigenvalue weighted by atomic mass is 32.2. The predicted octanol–water partition coefficient (Wildman–Crippen LogP) is 10.9. The van der Waals surface area contributed by atoms with Crippen molar-refractivity contribution in [3.8, 4) is 11.5 Å². The fraction of sp³-hybridized carbons (Fsp3) is 0.500. The van der Waals surface area contributed by atoms with Crippen LogP contribution in [-0.4, -0.2) is 44.7 Å². The first-order chi connectivity index (χ1) is 24.7. The number of nitrogens with zero attached hydrogens (tertiary/aromatic N) is 5. The third kappa shape index (κ3) is 12.6. The summed E-state index contributed by atoms with van der Waals surface area (Å²) >= 11 is 0. The summed E-state index contributed by atoms with van der Waals surface area (Å²) in [4.78, 5) is 15.3. The van der Waals surface area contributed by atoms with E-state index in [2.05, 4.69) is 22.3 Å². The predicted molar refractivity (Wildman–Crippen MR) is 206 cm³/mol. The number of para-hydroxylation sites is 2. The van der Waals surface area contributed by atoms with E-state index in [0.29, 0.717) is 23.6 Å². The molecule has 1 amide bonds. The third-order valence-electron chi connectivity index (χ3n) is 9.09. The molecule has 0 fully saturated rings. The molecule has 51 heavy (non-hydrogen) atoms. The first-order valence-electron chi connectivity index (χ1n) is 18.6. The number of ether oxygens (including phenoxy) is 1. The minimum Gasteiger partial charge on any atom is -0.456 e. The normalized spacial score (nSPS) is 14.7. The number of benzene rings is 3. The Kier molecular flexibility index (Phi) is 16.1. The van der Waals surface area contributed by atoms with Crippen LogP contribution in [0.5, 0.6) is 11.5 Å². The van der Waals surface area contributed by atoms with Gasteiger partial charge in [0.25, 0.3) is 16.0 Å². The molecule has 0 aliphatic carbocycles. The second-order valence-electron chi connectivity index (χ2n) is 13.5. The van der Waals surface area contributed by atoms with Crippen LogP contribution in [0.4, 0.5) is 17.1 Å². The molecule has 1 aliphatic rings. The summed E-state index contributed by atoms with van der Waals surface area (Å²) in [6.45, 7) is 2.26. The summed E-state index contributed by atoms with van der Waals surface area (Å²) < 4.78 is 40.7. The number of hydrogen-bond acceptors (Lipinski definition) is 8. The number of carbonyl (C=O) groups excluding carboxylic acids is 1. The van der Waals surface area contributed by atoms with Crippen LogP contribution in [0.25, 0.3) is 0 Å². The van der Waals surface area contributed by atoms with Crippen molar-refractivity contribution in [3.63, 3.8) is 0 Å². The largest absolute Gasteiger partial charge is 0.456 e. The first kappa shape index (κ1) is 39.7. The summed E-state index contributed by atoms with van der Waals surface area (Å²) in [6.07, 6.45) is 19.4. The van der Waals surface area contributed by atoms with Crippen molar-refractivity contribution in [2.45, 2.75) is 121 Å². The van der Waals surface area contributed by atoms with Crippen LogP contribution >= 0.6 is 0 Å². The number of hydrogen-bond donors (Lipinski definition) is 1. The van der Waals surface area contributed by atoms with Gasteiger partial charge in [-0.2, -0.15) is 28.8 Å². The molecule has 0 unspecified atom stereocenters. The van der Waals surface area contributed by atoms with E-state index in [1.807, 2.05) is 43.3 Å². The van der Waals surface area contributed by atoms with Crippen LogP contribution in [0.1, 0.15) is 110 Å². The average Bonchev–Trinajstić information content (AvgIpc) is 3.43. The van der Waals surface area contributed by atoms with E-state index in [0.717, 1.165) is 30.0 Å². The van der Waals surface area contributed by atoms with Gasteiger partial charge in [-0.25, -0.2) is 0 Å². The number of rotatable bonds is 23. The molecule has 1 atom stereocenters. The van der Waals surface area contributed by atoms with Crippen molar-refractivity contribution < 1.29 is 22.5 Å². The lowest BCUT2D eigenvalue weighted by atomic mass is 10.0. The zero-order valence-electron chi connectivity index (χ0n) is 30.5. The van der Waals surface area contributed by atoms with Gasteiger partial charge in [0.05, 0.1) is 17.1 Å². The minimum atomic E-state index is -4.71. The fourth-order valence-corrected chi connectivity index (χ4v) is 6.87. The van der Waals surface area contributed by atoms with Gasteiger partial charge < -0.3 is 9.64 Å². The Morgan fingerprint density at radius 3 is 1.94 bits per heavy atom. The highest BCUT2D eigenvalue weighted by Crippen LogP contribution is 2.35. The maximum atomic E-state index is 13.9. The van der Waals surface area contributed by atoms with E-state index in [1.54, 1.807) is 36.4 Å². The lowest BCUT2D eigenvalue weighted by molar-refractivity contribution is -0.117. The van der Waals surface area contributed by atoms with Crippen molar-refractivity contribution in [2.75, 3.05) is 24.0 Å². The number of anilines is 2. The Morgan fingerprint density at radius 1 is 0.784 bits per heavy atom. The Hall–Kier alpha value is -4.09. The lowest BCUT2D eigenvalue weighted by Crippen LogP contribution is -2.30. The van der Waals surface area contributed by atoms with Crippen molar-refractivity contribution in [3.05, 3.63) is 72.8 Å². The zero-order chi connectivity index (χ0) is 36.5. The quantitative estimate of drug-likeness (QED) is 0.0591. The Bertz CT molecular complexity index is 1690. The second-order valence-corrected chi connectivity index (χ2v) is 14.9. The SMILES string of the molecule is CCCCCCCCCCCCCCCCCC1=NN(c2ccc(Oc3ccccc3)c(S(=O)(=O)O)c2)C(=O)[C@H]1N=Nc1ccccc1N(C)C. The second kappa shape index (κ2) is 20.7. The van der Waals surface area contributed by atoms with Crippen molar-refractivity contribution in [1.82, 2.24) is 0 Å². The molecule has 0 aromatic heterocycles. The lowest BCUT2D eigenvalue weighted by Gasteiger charge is -2.16. The molecule has 0 radical (unpaired) electrons. The van der Waals surface area contributed by atoms with Crippen LogP contribution in [0, 0.1) is 0 Å². The van der Waals surface area contributed by atoms with Crippen LogP contribution in [0.3, 0.4) is 0 Å². The first-order valence-corrected chi connectivity index (χ1v) is 20.1. The van der Waals surface area contributed by atoms with Gasteiger partial charge in [0.1, 0.15) is 22.1 Å². The van der Waals surface area contributed by atoms with Gasteiger partial charge in [0.15, 0.2) is 6.04 Å². The van der Waals surface area contributed by atoms with E-state index < -0.39 is 27.0 Å². The molecule has 3 aromatic carbocycles. The molecule has 1 aliphatic heterocycles. The maximum Gasteiger partial charge on any atom is 0.298 e. The standard InChI is InChI=1S/C40H55N5O5S/c1-4-5-6-7-8-9-10-11-12-13-14-15-16-17-21-27-35-39(42-41-34-26-22-23-28-36(34)44(2)3)40(46)45(43-35)32-29-30-37(38(31-32)51(47,48)49)50-33-24-19-18-20-25-33/h18-20,22-26,28-31,39H,4-17,21,27H2,1-3H3,(H,47,48,49)/t39-/m0/s1. The molecule has 11 heteroatoms. The van der Waals surface area contributed by atoms with Crippen LogP contribution < -0.4 is 14.6 Å². The molecule has 0 bridgehead atoms. The van der Waals surface area contributed by atoms with Gasteiger partial charge in [0, 0.05) is 14.1 Å². The van der Waals surface area contributed by atoms with E-state index in [4.69, 9.17) is 4.74 Å². The van der Waals surface area contributed by atoms with Gasteiger partial charge in [-0.1, -0.05) is 127 Å². The van der Waals surface area contributed by atoms with Gasteiger partial charge in [-0.15, -0.1) is 0 Å². The topological polar surface area (TPSA) is 124 Å². The fourth-order valence-electron chi connectivity index (χ4n) is 6.23. The number of amides is 1. The molecule has 10 nitrogen and oxygen atoms in total. The summed E-state index contributed by atoms with van der Waals surface area (Å²) in [5, 5.41) is 14.8. The smallest absolute Gasteiger partial charge is 0.298 e. The molecule has 0 saturated heterocycles. The van der Waals surface area contributed by atoms with Gasteiger partial charge >= 0.3 is 0 Å². The van der Waals surface area contributed by atoms with E-state index in [1.165, 1.54) is 89.2 Å². The van der Waals surface area contributed by atoms with E-state index >= 15 is 0 Å². The number of unbranched alkanes of at least 4 members (excludes halogenated alkanes) is 14. The number of azo groups is 1. The number of carbonyl (C=O) groups is 1. The summed E-state index contributed by atoms with van der Waals surface area (Å²) in [5.41, 5.74) is 2.22.